The molecule has 4 nitrogen and oxygen atoms in total. The highest BCUT2D eigenvalue weighted by atomic mass is 32.1. The van der Waals surface area contributed by atoms with Gasteiger partial charge in [-0.25, -0.2) is 4.79 Å². The summed E-state index contributed by atoms with van der Waals surface area (Å²) in [4.78, 5) is 16.2. The monoisotopic (exact) mass is 342 g/mol. The summed E-state index contributed by atoms with van der Waals surface area (Å²) in [5.74, 6) is 0. The van der Waals surface area contributed by atoms with Gasteiger partial charge in [0.05, 0.1) is 5.69 Å². The average Bonchev–Trinajstić information content (AvgIpc) is 3.15. The van der Waals surface area contributed by atoms with Crippen molar-refractivity contribution in [2.75, 3.05) is 11.9 Å². The van der Waals surface area contributed by atoms with Gasteiger partial charge >= 0.3 is 6.09 Å². The van der Waals surface area contributed by atoms with Crippen LogP contribution in [0.1, 0.15) is 25.7 Å². The van der Waals surface area contributed by atoms with Gasteiger partial charge in [-0.2, -0.15) is 11.3 Å². The van der Waals surface area contributed by atoms with Crippen LogP contribution in [0.25, 0.3) is 11.1 Å². The van der Waals surface area contributed by atoms with Gasteiger partial charge in [0.25, 0.3) is 0 Å². The Kier molecular flexibility index (Phi) is 4.06. The number of thiophene rings is 1. The molecule has 3 heterocycles. The lowest BCUT2D eigenvalue weighted by molar-refractivity contribution is 0.151. The minimum absolute atomic E-state index is 0.0657. The lowest BCUT2D eigenvalue weighted by Gasteiger charge is -2.41. The van der Waals surface area contributed by atoms with Gasteiger partial charge in [0, 0.05) is 23.7 Å². The number of para-hydroxylation sites is 1. The molecule has 0 radical (unpaired) electrons. The Bertz CT molecular complexity index is 717. The van der Waals surface area contributed by atoms with E-state index in [0.29, 0.717) is 12.1 Å². The molecule has 4 rings (SSSR count). The number of piperidine rings is 1. The number of nitrogens with zero attached hydrogens (tertiary/aromatic N) is 2. The maximum atomic E-state index is 12.2. The number of hydrogen-bond donors (Lipinski definition) is 1. The van der Waals surface area contributed by atoms with Crippen molar-refractivity contribution < 1.29 is 9.90 Å². The molecule has 2 aliphatic rings. The highest BCUT2D eigenvalue weighted by Gasteiger charge is 2.42. The average molecular weight is 342 g/mol. The van der Waals surface area contributed by atoms with Crippen LogP contribution in [0.4, 0.5) is 10.5 Å². The first kappa shape index (κ1) is 15.7. The summed E-state index contributed by atoms with van der Waals surface area (Å²) < 4.78 is 0. The fourth-order valence-electron chi connectivity index (χ4n) is 4.40. The largest absolute Gasteiger partial charge is 0.465 e. The van der Waals surface area contributed by atoms with Gasteiger partial charge in [0.1, 0.15) is 0 Å². The Morgan fingerprint density at radius 3 is 2.54 bits per heavy atom. The maximum absolute atomic E-state index is 12.2. The second-order valence-electron chi connectivity index (χ2n) is 6.86. The quantitative estimate of drug-likeness (QED) is 0.891. The van der Waals surface area contributed by atoms with E-state index in [2.05, 4.69) is 23.4 Å². The number of anilines is 1. The highest BCUT2D eigenvalue weighted by molar-refractivity contribution is 7.08. The second kappa shape index (κ2) is 6.22. The van der Waals surface area contributed by atoms with E-state index in [4.69, 9.17) is 0 Å². The third-order valence-electron chi connectivity index (χ3n) is 5.64. The molecule has 2 aromatic rings. The molecule has 2 unspecified atom stereocenters. The molecule has 5 heteroatoms. The Labute approximate surface area is 146 Å². The molecule has 1 N–H and O–H groups in total. The standard InChI is InChI=1S/C19H22N2O2S/c1-20-14-6-7-15(20)11-16(10-14)21(19(22)23)18-5-3-2-4-17(18)13-8-9-24-12-13/h2-5,8-9,12,14-16H,6-7,10-11H2,1H3,(H,22,23). The summed E-state index contributed by atoms with van der Waals surface area (Å²) in [6.45, 7) is 0. The van der Waals surface area contributed by atoms with E-state index >= 15 is 0 Å². The lowest BCUT2D eigenvalue weighted by atomic mass is 9.95. The molecule has 1 amide bonds. The van der Waals surface area contributed by atoms with Crippen LogP contribution in [0.5, 0.6) is 0 Å². The number of rotatable bonds is 3. The molecule has 0 spiro atoms. The predicted octanol–water partition coefficient (Wildman–Crippen LogP) is 4.52. The van der Waals surface area contributed by atoms with Gasteiger partial charge in [-0.1, -0.05) is 18.2 Å². The minimum Gasteiger partial charge on any atom is -0.465 e. The Hall–Kier alpha value is -1.85. The molecule has 2 bridgehead atoms. The van der Waals surface area contributed by atoms with Gasteiger partial charge < -0.3 is 10.0 Å². The topological polar surface area (TPSA) is 43.8 Å². The van der Waals surface area contributed by atoms with Crippen molar-refractivity contribution in [3.8, 4) is 11.1 Å². The van der Waals surface area contributed by atoms with Gasteiger partial charge in [-0.15, -0.1) is 0 Å². The molecule has 2 atom stereocenters. The summed E-state index contributed by atoms with van der Waals surface area (Å²) in [6, 6.07) is 11.0. The Balaban J connectivity index is 1.72. The van der Waals surface area contributed by atoms with Gasteiger partial charge in [0.2, 0.25) is 0 Å². The molecule has 2 fully saturated rings. The van der Waals surface area contributed by atoms with Gasteiger partial charge in [-0.05, 0) is 61.2 Å². The third-order valence-corrected chi connectivity index (χ3v) is 6.32. The zero-order valence-corrected chi connectivity index (χ0v) is 14.6. The Morgan fingerprint density at radius 2 is 1.92 bits per heavy atom. The number of carboxylic acid groups (broad SMARTS) is 1. The first-order valence-corrected chi connectivity index (χ1v) is 9.45. The van der Waals surface area contributed by atoms with Crippen LogP contribution in [-0.2, 0) is 0 Å². The first-order valence-electron chi connectivity index (χ1n) is 8.51. The fraction of sp³-hybridized carbons (Fsp3) is 0.421. The van der Waals surface area contributed by atoms with E-state index in [1.807, 2.05) is 29.6 Å². The SMILES string of the molecule is CN1C2CCC1CC(N(C(=O)O)c1ccccc1-c1ccsc1)C2. The van der Waals surface area contributed by atoms with Crippen LogP contribution < -0.4 is 4.90 Å². The van der Waals surface area contributed by atoms with Crippen molar-refractivity contribution in [1.29, 1.82) is 0 Å². The van der Waals surface area contributed by atoms with Crippen LogP contribution >= 0.6 is 11.3 Å². The van der Waals surface area contributed by atoms with Crippen molar-refractivity contribution in [2.24, 2.45) is 0 Å². The summed E-state index contributed by atoms with van der Waals surface area (Å²) >= 11 is 1.64. The molecule has 1 aromatic heterocycles. The van der Waals surface area contributed by atoms with Crippen LogP contribution in [0.3, 0.4) is 0 Å². The van der Waals surface area contributed by atoms with Crippen LogP contribution in [0.15, 0.2) is 41.1 Å². The van der Waals surface area contributed by atoms with E-state index in [1.165, 1.54) is 12.8 Å². The van der Waals surface area contributed by atoms with Crippen LogP contribution in [0.2, 0.25) is 0 Å². The zero-order chi connectivity index (χ0) is 16.7. The number of amides is 1. The number of benzene rings is 1. The van der Waals surface area contributed by atoms with Crippen molar-refractivity contribution in [1.82, 2.24) is 4.90 Å². The van der Waals surface area contributed by atoms with Crippen molar-refractivity contribution in [3.63, 3.8) is 0 Å². The summed E-state index contributed by atoms with van der Waals surface area (Å²) in [7, 11) is 2.18. The summed E-state index contributed by atoms with van der Waals surface area (Å²) in [6.07, 6.45) is 3.40. The Morgan fingerprint density at radius 1 is 1.21 bits per heavy atom. The van der Waals surface area contributed by atoms with E-state index in [1.54, 1.807) is 16.2 Å². The smallest absolute Gasteiger partial charge is 0.412 e. The fourth-order valence-corrected chi connectivity index (χ4v) is 5.05. The number of carbonyl (C=O) groups is 1. The van der Waals surface area contributed by atoms with Crippen LogP contribution in [0, 0.1) is 0 Å². The number of hydrogen-bond acceptors (Lipinski definition) is 3. The molecule has 126 valence electrons. The van der Waals surface area contributed by atoms with E-state index in [0.717, 1.165) is 29.7 Å². The van der Waals surface area contributed by atoms with Crippen LogP contribution in [-0.4, -0.2) is 41.3 Å². The van der Waals surface area contributed by atoms with Crippen molar-refractivity contribution in [2.45, 2.75) is 43.8 Å². The minimum atomic E-state index is -0.841. The normalized spacial score (nSPS) is 26.5. The molecular formula is C19H22N2O2S. The number of fused-ring (bicyclic) bond motifs is 2. The maximum Gasteiger partial charge on any atom is 0.412 e. The molecular weight excluding hydrogens is 320 g/mol. The van der Waals surface area contributed by atoms with Crippen molar-refractivity contribution >= 4 is 23.1 Å². The first-order chi connectivity index (χ1) is 11.6. The van der Waals surface area contributed by atoms with Gasteiger partial charge in [-0.3, -0.25) is 4.90 Å². The van der Waals surface area contributed by atoms with E-state index in [-0.39, 0.29) is 6.04 Å². The molecule has 0 saturated carbocycles. The molecule has 2 saturated heterocycles. The lowest BCUT2D eigenvalue weighted by Crippen LogP contribution is -2.50. The third kappa shape index (κ3) is 2.62. The van der Waals surface area contributed by atoms with E-state index in [9.17, 15) is 9.90 Å². The van der Waals surface area contributed by atoms with Gasteiger partial charge in [0.15, 0.2) is 0 Å². The molecule has 24 heavy (non-hydrogen) atoms. The highest BCUT2D eigenvalue weighted by Crippen LogP contribution is 2.40. The molecule has 1 aromatic carbocycles. The molecule has 0 aliphatic carbocycles. The summed E-state index contributed by atoms with van der Waals surface area (Å²) in [5, 5.41) is 14.1. The molecule has 2 aliphatic heterocycles. The summed E-state index contributed by atoms with van der Waals surface area (Å²) in [5.41, 5.74) is 2.92. The van der Waals surface area contributed by atoms with E-state index < -0.39 is 6.09 Å². The zero-order valence-electron chi connectivity index (χ0n) is 13.8. The predicted molar refractivity (Wildman–Crippen MR) is 97.9 cm³/mol. The second-order valence-corrected chi connectivity index (χ2v) is 7.64. The van der Waals surface area contributed by atoms with Crippen molar-refractivity contribution in [3.05, 3.63) is 41.1 Å².